The van der Waals surface area contributed by atoms with Crippen molar-refractivity contribution in [1.29, 1.82) is 0 Å². The van der Waals surface area contributed by atoms with Gasteiger partial charge < -0.3 is 5.32 Å². The first-order valence-electron chi connectivity index (χ1n) is 7.94. The van der Waals surface area contributed by atoms with Gasteiger partial charge in [-0.3, -0.25) is 9.52 Å². The van der Waals surface area contributed by atoms with Gasteiger partial charge >= 0.3 is 0 Å². The summed E-state index contributed by atoms with van der Waals surface area (Å²) >= 11 is 1.17. The van der Waals surface area contributed by atoms with E-state index in [1.54, 1.807) is 24.4 Å². The highest BCUT2D eigenvalue weighted by molar-refractivity contribution is 7.93. The number of nitrogens with one attached hydrogen (secondary N) is 2. The van der Waals surface area contributed by atoms with E-state index < -0.39 is 10.0 Å². The van der Waals surface area contributed by atoms with Crippen molar-refractivity contribution in [3.05, 3.63) is 77.1 Å². The van der Waals surface area contributed by atoms with Crippen molar-refractivity contribution in [3.63, 3.8) is 0 Å². The Kier molecular flexibility index (Phi) is 5.52. The molecule has 0 unspecified atom stereocenters. The molecule has 1 atom stereocenters. The van der Waals surface area contributed by atoms with Crippen LogP contribution in [0, 0.1) is 5.82 Å². The minimum Gasteiger partial charge on any atom is -0.346 e. The Labute approximate surface area is 160 Å². The number of halogens is 1. The normalized spacial score (nSPS) is 12.4. The lowest BCUT2D eigenvalue weighted by molar-refractivity contribution is 0.0940. The second-order valence-corrected chi connectivity index (χ2v) is 8.29. The van der Waals surface area contributed by atoms with Crippen molar-refractivity contribution in [2.45, 2.75) is 17.9 Å². The summed E-state index contributed by atoms with van der Waals surface area (Å²) in [5.41, 5.74) is 1.08. The zero-order valence-corrected chi connectivity index (χ0v) is 15.9. The van der Waals surface area contributed by atoms with Crippen molar-refractivity contribution < 1.29 is 17.6 Å². The largest absolute Gasteiger partial charge is 0.346 e. The number of hydrogen-bond donors (Lipinski definition) is 2. The van der Waals surface area contributed by atoms with E-state index in [0.29, 0.717) is 5.56 Å². The van der Waals surface area contributed by atoms with Crippen molar-refractivity contribution in [3.8, 4) is 0 Å². The highest BCUT2D eigenvalue weighted by atomic mass is 32.2. The smallest absolute Gasteiger partial charge is 0.263 e. The third-order valence-corrected chi connectivity index (χ3v) is 5.97. The SMILES string of the molecule is C[C@@H](NC(=O)c1ccc(S(=O)(=O)Nc2nccs2)cc1)c1ccc(F)cc1. The van der Waals surface area contributed by atoms with E-state index in [1.165, 1.54) is 53.9 Å². The number of thiazole rings is 1. The molecule has 0 saturated heterocycles. The zero-order valence-electron chi connectivity index (χ0n) is 14.2. The van der Waals surface area contributed by atoms with Gasteiger partial charge in [0.15, 0.2) is 5.13 Å². The molecule has 140 valence electrons. The van der Waals surface area contributed by atoms with Crippen molar-refractivity contribution in [2.24, 2.45) is 0 Å². The molecule has 0 aliphatic carbocycles. The number of sulfonamides is 1. The quantitative estimate of drug-likeness (QED) is 0.656. The first kappa shape index (κ1) is 19.0. The molecular formula is C18H16FN3O3S2. The fraction of sp³-hybridized carbons (Fsp3) is 0.111. The van der Waals surface area contributed by atoms with Crippen LogP contribution < -0.4 is 10.0 Å². The maximum absolute atomic E-state index is 13.0. The summed E-state index contributed by atoms with van der Waals surface area (Å²) in [6.45, 7) is 1.78. The van der Waals surface area contributed by atoms with Crippen LogP contribution in [0.2, 0.25) is 0 Å². The van der Waals surface area contributed by atoms with Crippen LogP contribution in [0.1, 0.15) is 28.9 Å². The summed E-state index contributed by atoms with van der Waals surface area (Å²) < 4.78 is 39.9. The summed E-state index contributed by atoms with van der Waals surface area (Å²) in [5, 5.41) is 4.72. The lowest BCUT2D eigenvalue weighted by atomic mass is 10.1. The van der Waals surface area contributed by atoms with Gasteiger partial charge in [-0.05, 0) is 48.9 Å². The third kappa shape index (κ3) is 4.69. The van der Waals surface area contributed by atoms with E-state index in [4.69, 9.17) is 0 Å². The molecule has 0 bridgehead atoms. The van der Waals surface area contributed by atoms with Crippen molar-refractivity contribution in [1.82, 2.24) is 10.3 Å². The monoisotopic (exact) mass is 405 g/mol. The van der Waals surface area contributed by atoms with Crippen LogP contribution in [0.3, 0.4) is 0 Å². The molecule has 1 heterocycles. The molecule has 0 aliphatic rings. The summed E-state index contributed by atoms with van der Waals surface area (Å²) in [6.07, 6.45) is 1.50. The van der Waals surface area contributed by atoms with Crippen LogP contribution in [-0.4, -0.2) is 19.3 Å². The fourth-order valence-corrected chi connectivity index (χ4v) is 4.14. The number of anilines is 1. The summed E-state index contributed by atoms with van der Waals surface area (Å²) in [5.74, 6) is -0.705. The van der Waals surface area contributed by atoms with Crippen molar-refractivity contribution >= 4 is 32.4 Å². The number of benzene rings is 2. The molecule has 2 N–H and O–H groups in total. The van der Waals surface area contributed by atoms with Gasteiger partial charge in [0.1, 0.15) is 5.82 Å². The molecule has 0 aliphatic heterocycles. The average Bonchev–Trinajstić information content (AvgIpc) is 3.14. The molecule has 1 aromatic heterocycles. The maximum Gasteiger partial charge on any atom is 0.263 e. The topological polar surface area (TPSA) is 88.2 Å². The highest BCUT2D eigenvalue weighted by Gasteiger charge is 2.17. The molecule has 2 aromatic carbocycles. The minimum atomic E-state index is -3.77. The fourth-order valence-electron chi connectivity index (χ4n) is 2.35. The first-order chi connectivity index (χ1) is 12.8. The zero-order chi connectivity index (χ0) is 19.4. The predicted octanol–water partition coefficient (Wildman–Crippen LogP) is 3.57. The molecule has 0 saturated carbocycles. The van der Waals surface area contributed by atoms with E-state index >= 15 is 0 Å². The van der Waals surface area contributed by atoms with E-state index in [-0.39, 0.29) is 27.8 Å². The molecule has 6 nitrogen and oxygen atoms in total. The number of hydrogen-bond acceptors (Lipinski definition) is 5. The van der Waals surface area contributed by atoms with E-state index in [9.17, 15) is 17.6 Å². The Bertz CT molecular complexity index is 1020. The number of nitrogens with zero attached hydrogens (tertiary/aromatic N) is 1. The van der Waals surface area contributed by atoms with Gasteiger partial charge in [0.05, 0.1) is 10.9 Å². The minimum absolute atomic E-state index is 0.0285. The lowest BCUT2D eigenvalue weighted by Crippen LogP contribution is -2.26. The van der Waals surface area contributed by atoms with Crippen molar-refractivity contribution in [2.75, 3.05) is 4.72 Å². The standard InChI is InChI=1S/C18H16FN3O3S2/c1-12(13-2-6-15(19)7-3-13)21-17(23)14-4-8-16(9-5-14)27(24,25)22-18-20-10-11-26-18/h2-12H,1H3,(H,20,22)(H,21,23)/t12-/m1/s1. The Morgan fingerprint density at radius 1 is 1.11 bits per heavy atom. The molecule has 0 fully saturated rings. The Morgan fingerprint density at radius 3 is 2.37 bits per heavy atom. The number of carbonyl (C=O) groups is 1. The summed E-state index contributed by atoms with van der Waals surface area (Å²) in [6, 6.07) is 11.1. The number of rotatable bonds is 6. The molecule has 0 radical (unpaired) electrons. The maximum atomic E-state index is 13.0. The van der Waals surface area contributed by atoms with Crippen LogP contribution in [0.5, 0.6) is 0 Å². The van der Waals surface area contributed by atoms with E-state index in [0.717, 1.165) is 5.56 Å². The van der Waals surface area contributed by atoms with E-state index in [1.807, 2.05) is 0 Å². The van der Waals surface area contributed by atoms with Gasteiger partial charge in [-0.25, -0.2) is 17.8 Å². The Morgan fingerprint density at radius 2 is 1.78 bits per heavy atom. The van der Waals surface area contributed by atoms with Crippen LogP contribution >= 0.6 is 11.3 Å². The van der Waals surface area contributed by atoms with Gasteiger partial charge in [0.25, 0.3) is 15.9 Å². The summed E-state index contributed by atoms with van der Waals surface area (Å²) in [7, 11) is -3.77. The summed E-state index contributed by atoms with van der Waals surface area (Å²) in [4.78, 5) is 16.3. The van der Waals surface area contributed by atoms with Gasteiger partial charge in [-0.1, -0.05) is 12.1 Å². The van der Waals surface area contributed by atoms with Crippen LogP contribution in [0.15, 0.2) is 65.0 Å². The molecule has 3 rings (SSSR count). The molecule has 27 heavy (non-hydrogen) atoms. The third-order valence-electron chi connectivity index (χ3n) is 3.80. The van der Waals surface area contributed by atoms with Crippen LogP contribution in [-0.2, 0) is 10.0 Å². The van der Waals surface area contributed by atoms with Gasteiger partial charge in [-0.2, -0.15) is 0 Å². The number of aromatic nitrogens is 1. The number of carbonyl (C=O) groups excluding carboxylic acids is 1. The Hall–Kier alpha value is -2.78. The van der Waals surface area contributed by atoms with Gasteiger partial charge in [0.2, 0.25) is 0 Å². The second kappa shape index (κ2) is 7.85. The first-order valence-corrected chi connectivity index (χ1v) is 10.3. The average molecular weight is 405 g/mol. The molecule has 3 aromatic rings. The Balaban J connectivity index is 1.69. The van der Waals surface area contributed by atoms with Crippen LogP contribution in [0.25, 0.3) is 0 Å². The lowest BCUT2D eigenvalue weighted by Gasteiger charge is -2.14. The predicted molar refractivity (Wildman–Crippen MR) is 102 cm³/mol. The molecule has 9 heteroatoms. The molecule has 0 spiro atoms. The molecular weight excluding hydrogens is 389 g/mol. The van der Waals surface area contributed by atoms with Crippen LogP contribution in [0.4, 0.5) is 9.52 Å². The van der Waals surface area contributed by atoms with Gasteiger partial charge in [0, 0.05) is 17.1 Å². The van der Waals surface area contributed by atoms with Gasteiger partial charge in [-0.15, -0.1) is 11.3 Å². The molecule has 1 amide bonds. The highest BCUT2D eigenvalue weighted by Crippen LogP contribution is 2.19. The van der Waals surface area contributed by atoms with E-state index in [2.05, 4.69) is 15.0 Å². The number of amides is 1. The second-order valence-electron chi connectivity index (χ2n) is 5.71.